The van der Waals surface area contributed by atoms with Gasteiger partial charge < -0.3 is 4.98 Å². The van der Waals surface area contributed by atoms with Gasteiger partial charge in [0.2, 0.25) is 20.0 Å². The molecule has 0 spiro atoms. The first-order valence-corrected chi connectivity index (χ1v) is 11.0. The van der Waals surface area contributed by atoms with Crippen molar-refractivity contribution in [3.05, 3.63) is 48.8 Å². The van der Waals surface area contributed by atoms with Crippen LogP contribution >= 0.6 is 0 Å². The number of aromatic nitrogens is 2. The van der Waals surface area contributed by atoms with Crippen molar-refractivity contribution < 1.29 is 16.8 Å². The summed E-state index contributed by atoms with van der Waals surface area (Å²) in [7, 11) is -7.31. The average Bonchev–Trinajstić information content (AvgIpc) is 3.07. The van der Waals surface area contributed by atoms with Gasteiger partial charge in [0.25, 0.3) is 0 Å². The van der Waals surface area contributed by atoms with Crippen LogP contribution in [0.5, 0.6) is 0 Å². The molecule has 0 bridgehead atoms. The fraction of sp³-hybridized carbons (Fsp3) is 0.188. The second-order valence-corrected chi connectivity index (χ2v) is 9.24. The van der Waals surface area contributed by atoms with E-state index in [0.717, 1.165) is 22.2 Å². The molecular weight excluding hydrogens is 376 g/mol. The van der Waals surface area contributed by atoms with Gasteiger partial charge in [0.15, 0.2) is 0 Å². The largest absolute Gasteiger partial charge is 0.346 e. The van der Waals surface area contributed by atoms with Crippen LogP contribution in [0.15, 0.2) is 53.7 Å². The summed E-state index contributed by atoms with van der Waals surface area (Å²) in [6, 6.07) is 10.2. The van der Waals surface area contributed by atoms with Crippen LogP contribution in [0.25, 0.3) is 22.2 Å². The van der Waals surface area contributed by atoms with Gasteiger partial charge in [-0.05, 0) is 41.8 Å². The van der Waals surface area contributed by atoms with Crippen LogP contribution < -0.4 is 9.86 Å². The highest BCUT2D eigenvalue weighted by Gasteiger charge is 2.14. The first-order chi connectivity index (χ1) is 12.3. The number of primary sulfonamides is 1. The lowest BCUT2D eigenvalue weighted by molar-refractivity contribution is 0.576. The molecule has 0 radical (unpaired) electrons. The molecule has 10 heteroatoms. The number of H-pyrrole nitrogens is 1. The summed E-state index contributed by atoms with van der Waals surface area (Å²) in [6.07, 6.45) is 3.59. The lowest BCUT2D eigenvalue weighted by atomic mass is 10.0. The summed E-state index contributed by atoms with van der Waals surface area (Å²) in [5.41, 5.74) is 2.57. The minimum absolute atomic E-state index is 0.00512. The zero-order valence-corrected chi connectivity index (χ0v) is 15.3. The molecule has 0 saturated heterocycles. The lowest BCUT2D eigenvalue weighted by Gasteiger charge is -2.08. The summed E-state index contributed by atoms with van der Waals surface area (Å²) < 4.78 is 48.6. The molecule has 4 N–H and O–H groups in total. The van der Waals surface area contributed by atoms with E-state index in [1.54, 1.807) is 24.5 Å². The normalized spacial score (nSPS) is 12.5. The molecule has 0 aliphatic rings. The van der Waals surface area contributed by atoms with E-state index in [4.69, 9.17) is 5.14 Å². The van der Waals surface area contributed by atoms with Crippen molar-refractivity contribution in [3.63, 3.8) is 0 Å². The Labute approximate surface area is 151 Å². The van der Waals surface area contributed by atoms with Crippen LogP contribution in [0.3, 0.4) is 0 Å². The van der Waals surface area contributed by atoms with Crippen LogP contribution in [0.2, 0.25) is 0 Å². The molecule has 0 aliphatic heterocycles. The van der Waals surface area contributed by atoms with Gasteiger partial charge in [-0.1, -0.05) is 12.1 Å². The number of nitrogens with two attached hydrogens (primary N) is 1. The Morgan fingerprint density at radius 1 is 1.04 bits per heavy atom. The molecule has 2 aromatic heterocycles. The SMILES string of the molecule is NS(=O)(=O)CCCNS(=O)(=O)c1ccc(-c2ccnc3[nH]ccc23)cc1. The van der Waals surface area contributed by atoms with Crippen LogP contribution in [0.1, 0.15) is 6.42 Å². The molecule has 0 aliphatic carbocycles. The molecular formula is C16H18N4O4S2. The highest BCUT2D eigenvalue weighted by atomic mass is 32.2. The molecule has 1 aromatic carbocycles. The number of pyridine rings is 1. The third-order valence-electron chi connectivity index (χ3n) is 3.83. The van der Waals surface area contributed by atoms with E-state index in [1.165, 1.54) is 12.1 Å². The van der Waals surface area contributed by atoms with Gasteiger partial charge in [-0.25, -0.2) is 31.7 Å². The van der Waals surface area contributed by atoms with Gasteiger partial charge in [0, 0.05) is 24.3 Å². The summed E-state index contributed by atoms with van der Waals surface area (Å²) in [4.78, 5) is 7.37. The predicted octanol–water partition coefficient (Wildman–Crippen LogP) is 1.19. The minimum atomic E-state index is -3.71. The van der Waals surface area contributed by atoms with Crippen LogP contribution in [-0.2, 0) is 20.0 Å². The monoisotopic (exact) mass is 394 g/mol. The Morgan fingerprint density at radius 2 is 1.77 bits per heavy atom. The smallest absolute Gasteiger partial charge is 0.240 e. The number of hydrogen-bond acceptors (Lipinski definition) is 5. The van der Waals surface area contributed by atoms with Crippen molar-refractivity contribution in [2.75, 3.05) is 12.3 Å². The first-order valence-electron chi connectivity index (χ1n) is 7.79. The number of fused-ring (bicyclic) bond motifs is 1. The summed E-state index contributed by atoms with van der Waals surface area (Å²) in [5, 5.41) is 5.84. The summed E-state index contributed by atoms with van der Waals surface area (Å²) in [5.74, 6) is -0.275. The number of nitrogens with zero attached hydrogens (tertiary/aromatic N) is 1. The molecule has 0 unspecified atom stereocenters. The molecule has 0 atom stereocenters. The van der Waals surface area contributed by atoms with Crippen molar-refractivity contribution >= 4 is 31.1 Å². The number of benzene rings is 1. The van der Waals surface area contributed by atoms with E-state index >= 15 is 0 Å². The molecule has 3 rings (SSSR count). The van der Waals surface area contributed by atoms with Crippen molar-refractivity contribution in [1.29, 1.82) is 0 Å². The van der Waals surface area contributed by atoms with E-state index in [1.807, 2.05) is 12.1 Å². The number of nitrogens with one attached hydrogen (secondary N) is 2. The molecule has 0 fully saturated rings. The molecule has 2 heterocycles. The van der Waals surface area contributed by atoms with Crippen molar-refractivity contribution in [2.45, 2.75) is 11.3 Å². The topological polar surface area (TPSA) is 135 Å². The quantitative estimate of drug-likeness (QED) is 0.517. The summed E-state index contributed by atoms with van der Waals surface area (Å²) in [6.45, 7) is -0.00512. The zero-order chi connectivity index (χ0) is 18.8. The molecule has 3 aromatic rings. The van der Waals surface area contributed by atoms with E-state index in [0.29, 0.717) is 0 Å². The molecule has 0 saturated carbocycles. The van der Waals surface area contributed by atoms with Crippen molar-refractivity contribution in [1.82, 2.24) is 14.7 Å². The Morgan fingerprint density at radius 3 is 2.46 bits per heavy atom. The van der Waals surface area contributed by atoms with E-state index < -0.39 is 20.0 Å². The maximum Gasteiger partial charge on any atom is 0.240 e. The molecule has 26 heavy (non-hydrogen) atoms. The fourth-order valence-electron chi connectivity index (χ4n) is 2.59. The number of aromatic amines is 1. The number of rotatable bonds is 7. The Balaban J connectivity index is 1.75. The maximum atomic E-state index is 12.3. The molecule has 138 valence electrons. The standard InChI is InChI=1S/C16H18N4O4S2/c17-25(21,22)11-1-8-20-26(23,24)13-4-2-12(3-5-13)14-6-9-18-16-15(14)7-10-19-16/h2-7,9-10,20H,1,8,11H2,(H,18,19)(H2,17,21,22). The van der Waals surface area contributed by atoms with Gasteiger partial charge in [0.1, 0.15) is 5.65 Å². The zero-order valence-electron chi connectivity index (χ0n) is 13.7. The van der Waals surface area contributed by atoms with Crippen LogP contribution in [0.4, 0.5) is 0 Å². The summed E-state index contributed by atoms with van der Waals surface area (Å²) >= 11 is 0. The van der Waals surface area contributed by atoms with Crippen molar-refractivity contribution in [2.24, 2.45) is 5.14 Å². The minimum Gasteiger partial charge on any atom is -0.346 e. The Bertz CT molecular complexity index is 1120. The van der Waals surface area contributed by atoms with Crippen LogP contribution in [-0.4, -0.2) is 39.1 Å². The highest BCUT2D eigenvalue weighted by Crippen LogP contribution is 2.27. The lowest BCUT2D eigenvalue weighted by Crippen LogP contribution is -2.27. The van der Waals surface area contributed by atoms with Crippen molar-refractivity contribution in [3.8, 4) is 11.1 Å². The van der Waals surface area contributed by atoms with Gasteiger partial charge in [-0.15, -0.1) is 0 Å². The van der Waals surface area contributed by atoms with Gasteiger partial charge >= 0.3 is 0 Å². The third-order valence-corrected chi connectivity index (χ3v) is 6.17. The average molecular weight is 394 g/mol. The van der Waals surface area contributed by atoms with E-state index in [9.17, 15) is 16.8 Å². The molecule has 0 amide bonds. The van der Waals surface area contributed by atoms with Crippen LogP contribution in [0, 0.1) is 0 Å². The first kappa shape index (κ1) is 18.5. The Kier molecular flexibility index (Phi) is 5.10. The second-order valence-electron chi connectivity index (χ2n) is 5.74. The van der Waals surface area contributed by atoms with Gasteiger partial charge in [0.05, 0.1) is 10.6 Å². The van der Waals surface area contributed by atoms with E-state index in [-0.39, 0.29) is 23.6 Å². The predicted molar refractivity (Wildman–Crippen MR) is 99.3 cm³/mol. The third kappa shape index (κ3) is 4.28. The number of sulfonamides is 2. The van der Waals surface area contributed by atoms with Gasteiger partial charge in [-0.2, -0.15) is 0 Å². The van der Waals surface area contributed by atoms with E-state index in [2.05, 4.69) is 14.7 Å². The number of hydrogen-bond donors (Lipinski definition) is 3. The maximum absolute atomic E-state index is 12.3. The second kappa shape index (κ2) is 7.16. The van der Waals surface area contributed by atoms with Gasteiger partial charge in [-0.3, -0.25) is 0 Å². The fourth-order valence-corrected chi connectivity index (χ4v) is 4.21. The highest BCUT2D eigenvalue weighted by molar-refractivity contribution is 7.89. The molecule has 8 nitrogen and oxygen atoms in total. The Hall–Kier alpha value is -2.27.